The molecule has 34 heavy (non-hydrogen) atoms. The van der Waals surface area contributed by atoms with Gasteiger partial charge in [0.05, 0.1) is 6.21 Å². The van der Waals surface area contributed by atoms with E-state index in [9.17, 15) is 9.59 Å². The number of hydrazone groups is 1. The van der Waals surface area contributed by atoms with Gasteiger partial charge in [0, 0.05) is 28.6 Å². The Bertz CT molecular complexity index is 1310. The molecule has 3 N–H and O–H groups in total. The van der Waals surface area contributed by atoms with Crippen molar-refractivity contribution in [1.29, 1.82) is 0 Å². The van der Waals surface area contributed by atoms with Gasteiger partial charge in [0.25, 0.3) is 5.91 Å². The van der Waals surface area contributed by atoms with Crippen LogP contribution in [-0.4, -0.2) is 38.0 Å². The average Bonchev–Trinajstić information content (AvgIpc) is 3.43. The van der Waals surface area contributed by atoms with Crippen LogP contribution in [0.1, 0.15) is 26.5 Å². The smallest absolute Gasteiger partial charge is 0.271 e. The summed E-state index contributed by atoms with van der Waals surface area (Å²) in [6, 6.07) is 16.8. The first-order valence-electron chi connectivity index (χ1n) is 10.2. The second kappa shape index (κ2) is 10.9. The van der Waals surface area contributed by atoms with Crippen LogP contribution in [0.5, 0.6) is 0 Å². The van der Waals surface area contributed by atoms with Crippen molar-refractivity contribution in [2.24, 2.45) is 10.8 Å². The molecule has 0 saturated carbocycles. The molecule has 172 valence electrons. The third-order valence-electron chi connectivity index (χ3n) is 4.61. The van der Waals surface area contributed by atoms with Gasteiger partial charge in [-0.05, 0) is 24.6 Å². The Morgan fingerprint density at radius 1 is 1.15 bits per heavy atom. The van der Waals surface area contributed by atoms with Gasteiger partial charge in [-0.25, -0.2) is 5.43 Å². The maximum absolute atomic E-state index is 12.5. The number of benzene rings is 2. The zero-order chi connectivity index (χ0) is 23.9. The summed E-state index contributed by atoms with van der Waals surface area (Å²) in [5, 5.41) is 17.6. The molecule has 4 aromatic rings. The number of thioether (sulfide) groups is 1. The van der Waals surface area contributed by atoms with Gasteiger partial charge in [0.2, 0.25) is 5.91 Å². The quantitative estimate of drug-likeness (QED) is 0.210. The highest BCUT2D eigenvalue weighted by Gasteiger charge is 2.11. The molecule has 0 atom stereocenters. The molecule has 11 heteroatoms. The first kappa shape index (κ1) is 23.3. The van der Waals surface area contributed by atoms with Crippen molar-refractivity contribution in [2.45, 2.75) is 23.6 Å². The van der Waals surface area contributed by atoms with Gasteiger partial charge in [-0.15, -0.1) is 10.2 Å². The van der Waals surface area contributed by atoms with Gasteiger partial charge in [-0.1, -0.05) is 65.6 Å². The zero-order valence-electron chi connectivity index (χ0n) is 18.2. The summed E-state index contributed by atoms with van der Waals surface area (Å²) in [5.41, 5.74) is 11.5. The molecule has 0 spiro atoms. The summed E-state index contributed by atoms with van der Waals surface area (Å²) in [6.07, 6.45) is 3.16. The minimum Gasteiger partial charge on any atom is -0.368 e. The van der Waals surface area contributed by atoms with Crippen molar-refractivity contribution >= 4 is 41.1 Å². The number of nitrogens with zero attached hydrogens (tertiary/aromatic N) is 5. The second-order valence-corrected chi connectivity index (χ2v) is 9.64. The maximum Gasteiger partial charge on any atom is 0.271 e. The molecule has 4 rings (SSSR count). The Morgan fingerprint density at radius 2 is 1.91 bits per heavy atom. The molecule has 0 bridgehead atoms. The molecule has 0 radical (unpaired) electrons. The van der Waals surface area contributed by atoms with E-state index < -0.39 is 5.91 Å². The predicted octanol–water partition coefficient (Wildman–Crippen LogP) is 3.25. The molecule has 0 aliphatic carbocycles. The highest BCUT2D eigenvalue weighted by Crippen LogP contribution is 2.25. The van der Waals surface area contributed by atoms with Crippen molar-refractivity contribution in [3.05, 3.63) is 82.5 Å². The number of primary amides is 1. The molecule has 9 nitrogen and oxygen atoms in total. The fourth-order valence-corrected chi connectivity index (χ4v) is 4.82. The van der Waals surface area contributed by atoms with E-state index in [-0.39, 0.29) is 12.5 Å². The number of carbonyl (C=O) groups excluding carboxylic acids is 2. The number of aromatic nitrogens is 4. The van der Waals surface area contributed by atoms with E-state index in [1.165, 1.54) is 10.9 Å². The lowest BCUT2D eigenvalue weighted by molar-refractivity contribution is -0.118. The highest BCUT2D eigenvalue weighted by atomic mass is 32.2. The molecule has 0 saturated heterocycles. The lowest BCUT2D eigenvalue weighted by Crippen LogP contribution is -2.18. The SMILES string of the molecule is Cc1nnc(SCc2ccc(C(=O)N/N=C/c3cn(CC(N)=O)nc3-c3ccccc3)cc2)s1. The standard InChI is InChI=1S/C23H21N7O2S2/c1-15-26-28-23(34-15)33-14-16-7-9-18(10-8-16)22(32)27-25-11-19-12-30(13-20(24)31)29-21(19)17-5-3-2-4-6-17/h2-12H,13-14H2,1H3,(H2,24,31)(H,27,32)/b25-11+. The second-order valence-electron chi connectivity index (χ2n) is 7.23. The molecule has 2 amide bonds. The van der Waals surface area contributed by atoms with Gasteiger partial charge in [0.1, 0.15) is 17.2 Å². The summed E-state index contributed by atoms with van der Waals surface area (Å²) in [5.74, 6) is -0.0909. The Balaban J connectivity index is 1.40. The van der Waals surface area contributed by atoms with Crippen LogP contribution in [0.15, 0.2) is 70.2 Å². The molecule has 0 fully saturated rings. The van der Waals surface area contributed by atoms with Crippen LogP contribution in [0.3, 0.4) is 0 Å². The van der Waals surface area contributed by atoms with Gasteiger partial charge >= 0.3 is 0 Å². The molecular formula is C23H21N7O2S2. The van der Waals surface area contributed by atoms with Crippen molar-refractivity contribution in [3.63, 3.8) is 0 Å². The Labute approximate surface area is 204 Å². The van der Waals surface area contributed by atoms with Gasteiger partial charge in [-0.3, -0.25) is 14.3 Å². The zero-order valence-corrected chi connectivity index (χ0v) is 19.8. The summed E-state index contributed by atoms with van der Waals surface area (Å²) >= 11 is 3.17. The Morgan fingerprint density at radius 3 is 2.59 bits per heavy atom. The largest absolute Gasteiger partial charge is 0.368 e. The van der Waals surface area contributed by atoms with E-state index in [0.29, 0.717) is 16.8 Å². The normalized spacial score (nSPS) is 11.1. The predicted molar refractivity (Wildman–Crippen MR) is 133 cm³/mol. The van der Waals surface area contributed by atoms with E-state index in [4.69, 9.17) is 5.73 Å². The van der Waals surface area contributed by atoms with Gasteiger partial charge in [-0.2, -0.15) is 10.2 Å². The number of hydrogen-bond acceptors (Lipinski definition) is 8. The lowest BCUT2D eigenvalue weighted by Gasteiger charge is -2.03. The van der Waals surface area contributed by atoms with Crippen LogP contribution in [-0.2, 0) is 17.1 Å². The van der Waals surface area contributed by atoms with Crippen LogP contribution in [0.2, 0.25) is 0 Å². The molecule has 0 aliphatic rings. The first-order chi connectivity index (χ1) is 16.5. The number of nitrogens with one attached hydrogen (secondary N) is 1. The topological polar surface area (TPSA) is 128 Å². The Kier molecular flexibility index (Phi) is 7.45. The highest BCUT2D eigenvalue weighted by molar-refractivity contribution is 8.00. The van der Waals surface area contributed by atoms with E-state index in [1.807, 2.05) is 49.4 Å². The maximum atomic E-state index is 12.5. The van der Waals surface area contributed by atoms with E-state index in [0.717, 1.165) is 26.2 Å². The van der Waals surface area contributed by atoms with Crippen LogP contribution < -0.4 is 11.2 Å². The van der Waals surface area contributed by atoms with Crippen LogP contribution in [0, 0.1) is 6.92 Å². The molecule has 0 aliphatic heterocycles. The Hall–Kier alpha value is -3.83. The number of nitrogens with two attached hydrogens (primary N) is 1. The summed E-state index contributed by atoms with van der Waals surface area (Å²) in [7, 11) is 0. The van der Waals surface area contributed by atoms with Crippen molar-refractivity contribution in [2.75, 3.05) is 0 Å². The van der Waals surface area contributed by atoms with Crippen molar-refractivity contribution in [1.82, 2.24) is 25.4 Å². The monoisotopic (exact) mass is 491 g/mol. The van der Waals surface area contributed by atoms with Crippen molar-refractivity contribution in [3.8, 4) is 11.3 Å². The fraction of sp³-hybridized carbons (Fsp3) is 0.130. The third-order valence-corrected chi connectivity index (χ3v) is 6.65. The minimum atomic E-state index is -0.501. The van der Waals surface area contributed by atoms with Crippen LogP contribution in [0.25, 0.3) is 11.3 Å². The van der Waals surface area contributed by atoms with Gasteiger partial charge in [0.15, 0.2) is 4.34 Å². The van der Waals surface area contributed by atoms with E-state index in [1.54, 1.807) is 41.4 Å². The molecule has 2 heterocycles. The summed E-state index contributed by atoms with van der Waals surface area (Å²) in [6.45, 7) is 1.87. The fourth-order valence-electron chi connectivity index (χ4n) is 3.05. The lowest BCUT2D eigenvalue weighted by atomic mass is 10.1. The number of carbonyl (C=O) groups is 2. The van der Waals surface area contributed by atoms with Crippen LogP contribution >= 0.6 is 23.1 Å². The summed E-state index contributed by atoms with van der Waals surface area (Å²) in [4.78, 5) is 23.8. The van der Waals surface area contributed by atoms with Crippen LogP contribution in [0.4, 0.5) is 0 Å². The number of hydrogen-bond donors (Lipinski definition) is 2. The molecule has 2 aromatic heterocycles. The molecule has 2 aromatic carbocycles. The minimum absolute atomic E-state index is 0.0522. The average molecular weight is 492 g/mol. The van der Waals surface area contributed by atoms with Crippen molar-refractivity contribution < 1.29 is 9.59 Å². The number of amides is 2. The number of aryl methyl sites for hydroxylation is 1. The summed E-state index contributed by atoms with van der Waals surface area (Å²) < 4.78 is 2.37. The molecular weight excluding hydrogens is 470 g/mol. The molecule has 0 unspecified atom stereocenters. The van der Waals surface area contributed by atoms with E-state index in [2.05, 4.69) is 25.8 Å². The number of rotatable bonds is 9. The third kappa shape index (κ3) is 6.15. The first-order valence-corrected chi connectivity index (χ1v) is 12.0. The van der Waals surface area contributed by atoms with Gasteiger partial charge < -0.3 is 5.73 Å². The van der Waals surface area contributed by atoms with E-state index >= 15 is 0 Å².